The van der Waals surface area contributed by atoms with Gasteiger partial charge in [-0.25, -0.2) is 4.39 Å². The molecule has 176 valence electrons. The van der Waals surface area contributed by atoms with Crippen LogP contribution in [0, 0.1) is 5.82 Å². The van der Waals surface area contributed by atoms with Crippen molar-refractivity contribution in [2.24, 2.45) is 0 Å². The fourth-order valence-electron chi connectivity index (χ4n) is 3.27. The zero-order chi connectivity index (χ0) is 23.5. The van der Waals surface area contributed by atoms with Gasteiger partial charge in [-0.3, -0.25) is 0 Å². The van der Waals surface area contributed by atoms with E-state index >= 15 is 0 Å². The first kappa shape index (κ1) is 24.7. The smallest absolute Gasteiger partial charge is 0.123 e. The Labute approximate surface area is 193 Å². The molecule has 33 heavy (non-hydrogen) atoms. The van der Waals surface area contributed by atoms with Crippen molar-refractivity contribution in [2.75, 3.05) is 26.3 Å². The summed E-state index contributed by atoms with van der Waals surface area (Å²) in [5.74, 6) is 0.524. The first-order valence-corrected chi connectivity index (χ1v) is 10.9. The number of rotatable bonds is 13. The summed E-state index contributed by atoms with van der Waals surface area (Å²) in [6.07, 6.45) is 0.0718. The SMILES string of the molecule is OCc1cc([C@@H](O)CNCCc2ccc(OCCOCc3ccc(F)cc3)cc2)ccc1O. The highest BCUT2D eigenvalue weighted by molar-refractivity contribution is 5.36. The highest BCUT2D eigenvalue weighted by Gasteiger charge is 2.10. The molecule has 3 rings (SSSR count). The van der Waals surface area contributed by atoms with E-state index in [-0.39, 0.29) is 18.2 Å². The predicted octanol–water partition coefficient (Wildman–Crippen LogP) is 3.48. The van der Waals surface area contributed by atoms with Crippen LogP contribution in [0.5, 0.6) is 11.5 Å². The summed E-state index contributed by atoms with van der Waals surface area (Å²) in [4.78, 5) is 0. The lowest BCUT2D eigenvalue weighted by Crippen LogP contribution is -2.23. The molecule has 3 aromatic carbocycles. The van der Waals surface area contributed by atoms with Crippen molar-refractivity contribution in [1.29, 1.82) is 0 Å². The molecule has 0 unspecified atom stereocenters. The van der Waals surface area contributed by atoms with E-state index in [1.54, 1.807) is 24.3 Å². The van der Waals surface area contributed by atoms with Gasteiger partial charge in [-0.05, 0) is 66.1 Å². The summed E-state index contributed by atoms with van der Waals surface area (Å²) in [6, 6.07) is 18.8. The van der Waals surface area contributed by atoms with E-state index in [9.17, 15) is 19.7 Å². The zero-order valence-corrected chi connectivity index (χ0v) is 18.4. The van der Waals surface area contributed by atoms with Crippen molar-refractivity contribution >= 4 is 0 Å². The van der Waals surface area contributed by atoms with Crippen LogP contribution < -0.4 is 10.1 Å². The van der Waals surface area contributed by atoms with E-state index < -0.39 is 6.10 Å². The molecule has 0 spiro atoms. The molecule has 0 bridgehead atoms. The van der Waals surface area contributed by atoms with Crippen LogP contribution in [-0.4, -0.2) is 41.6 Å². The number of hydrogen-bond donors (Lipinski definition) is 4. The van der Waals surface area contributed by atoms with Gasteiger partial charge in [-0.2, -0.15) is 0 Å². The van der Waals surface area contributed by atoms with E-state index in [1.807, 2.05) is 24.3 Å². The summed E-state index contributed by atoms with van der Waals surface area (Å²) in [6.45, 7) is 2.07. The van der Waals surface area contributed by atoms with Crippen LogP contribution in [0.25, 0.3) is 0 Å². The van der Waals surface area contributed by atoms with Gasteiger partial charge >= 0.3 is 0 Å². The first-order valence-electron chi connectivity index (χ1n) is 10.9. The lowest BCUT2D eigenvalue weighted by molar-refractivity contribution is 0.0889. The van der Waals surface area contributed by atoms with Gasteiger partial charge in [0.15, 0.2) is 0 Å². The number of aromatic hydroxyl groups is 1. The minimum atomic E-state index is -0.725. The summed E-state index contributed by atoms with van der Waals surface area (Å²) < 4.78 is 24.1. The van der Waals surface area contributed by atoms with E-state index in [0.29, 0.717) is 44.0 Å². The van der Waals surface area contributed by atoms with Crippen molar-refractivity contribution in [3.63, 3.8) is 0 Å². The molecule has 0 fully saturated rings. The van der Waals surface area contributed by atoms with Crippen molar-refractivity contribution in [3.8, 4) is 11.5 Å². The Morgan fingerprint density at radius 1 is 0.909 bits per heavy atom. The number of ether oxygens (including phenoxy) is 2. The van der Waals surface area contributed by atoms with Gasteiger partial charge in [-0.1, -0.05) is 30.3 Å². The molecule has 6 nitrogen and oxygen atoms in total. The minimum Gasteiger partial charge on any atom is -0.508 e. The zero-order valence-electron chi connectivity index (χ0n) is 18.4. The van der Waals surface area contributed by atoms with Crippen LogP contribution in [0.3, 0.4) is 0 Å². The molecule has 0 radical (unpaired) electrons. The van der Waals surface area contributed by atoms with Gasteiger partial charge in [0, 0.05) is 12.1 Å². The fourth-order valence-corrected chi connectivity index (χ4v) is 3.27. The summed E-state index contributed by atoms with van der Waals surface area (Å²) in [5.41, 5.74) is 3.10. The third-order valence-electron chi connectivity index (χ3n) is 5.19. The number of aliphatic hydroxyl groups is 2. The van der Waals surface area contributed by atoms with Crippen molar-refractivity contribution in [1.82, 2.24) is 5.32 Å². The molecule has 0 aliphatic heterocycles. The molecule has 0 saturated carbocycles. The molecule has 1 atom stereocenters. The Morgan fingerprint density at radius 3 is 2.36 bits per heavy atom. The number of aliphatic hydroxyl groups excluding tert-OH is 2. The second-order valence-electron chi connectivity index (χ2n) is 7.69. The van der Waals surface area contributed by atoms with Crippen LogP contribution in [0.15, 0.2) is 66.7 Å². The lowest BCUT2D eigenvalue weighted by Gasteiger charge is -2.14. The Kier molecular flexibility index (Phi) is 9.65. The van der Waals surface area contributed by atoms with Crippen LogP contribution >= 0.6 is 0 Å². The standard InChI is InChI=1S/C26H30FNO5/c27-23-6-1-20(2-7-23)18-32-13-14-33-24-8-3-19(4-9-24)11-12-28-16-26(31)21-5-10-25(30)22(15-21)17-29/h1-10,15,26,28-31H,11-14,16-18H2/t26-/m0/s1. The van der Waals surface area contributed by atoms with Gasteiger partial charge in [0.05, 0.1) is 25.9 Å². The second kappa shape index (κ2) is 12.9. The predicted molar refractivity (Wildman–Crippen MR) is 124 cm³/mol. The lowest BCUT2D eigenvalue weighted by atomic mass is 10.1. The maximum Gasteiger partial charge on any atom is 0.123 e. The Hall–Kier alpha value is -2.97. The third-order valence-corrected chi connectivity index (χ3v) is 5.19. The normalized spacial score (nSPS) is 12.0. The third kappa shape index (κ3) is 8.14. The largest absolute Gasteiger partial charge is 0.508 e. The average molecular weight is 456 g/mol. The molecule has 0 aliphatic rings. The van der Waals surface area contributed by atoms with Gasteiger partial charge in [0.2, 0.25) is 0 Å². The molecule has 4 N–H and O–H groups in total. The first-order chi connectivity index (χ1) is 16.0. The van der Waals surface area contributed by atoms with Crippen LogP contribution in [0.1, 0.15) is 28.4 Å². The van der Waals surface area contributed by atoms with Gasteiger partial charge in [-0.15, -0.1) is 0 Å². The quantitative estimate of drug-likeness (QED) is 0.295. The summed E-state index contributed by atoms with van der Waals surface area (Å²) in [5, 5.41) is 32.4. The van der Waals surface area contributed by atoms with Crippen molar-refractivity contribution in [3.05, 3.63) is 94.8 Å². The minimum absolute atomic E-state index is 0.0198. The van der Waals surface area contributed by atoms with Crippen molar-refractivity contribution in [2.45, 2.75) is 25.7 Å². The molecule has 7 heteroatoms. The highest BCUT2D eigenvalue weighted by atomic mass is 19.1. The number of nitrogens with one attached hydrogen (secondary N) is 1. The Balaban J connectivity index is 1.30. The molecule has 0 aliphatic carbocycles. The molecular formula is C26H30FNO5. The molecule has 0 saturated heterocycles. The van der Waals surface area contributed by atoms with Crippen LogP contribution in [0.2, 0.25) is 0 Å². The number of halogens is 1. The topological polar surface area (TPSA) is 91.2 Å². The molecule has 0 aromatic heterocycles. The second-order valence-corrected chi connectivity index (χ2v) is 7.69. The Morgan fingerprint density at radius 2 is 1.64 bits per heavy atom. The van der Waals surface area contributed by atoms with Gasteiger partial charge in [0.1, 0.15) is 23.9 Å². The molecule has 0 amide bonds. The van der Waals surface area contributed by atoms with E-state index in [2.05, 4.69) is 5.32 Å². The number of phenols is 1. The summed E-state index contributed by atoms with van der Waals surface area (Å²) in [7, 11) is 0. The maximum absolute atomic E-state index is 12.9. The van der Waals surface area contributed by atoms with E-state index in [1.165, 1.54) is 18.2 Å². The van der Waals surface area contributed by atoms with E-state index in [0.717, 1.165) is 23.3 Å². The van der Waals surface area contributed by atoms with Gasteiger partial charge < -0.3 is 30.1 Å². The fraction of sp³-hybridized carbons (Fsp3) is 0.308. The number of hydrogen-bond acceptors (Lipinski definition) is 6. The molecule has 3 aromatic rings. The van der Waals surface area contributed by atoms with Crippen LogP contribution in [0.4, 0.5) is 4.39 Å². The van der Waals surface area contributed by atoms with Gasteiger partial charge in [0.25, 0.3) is 0 Å². The average Bonchev–Trinajstić information content (AvgIpc) is 2.84. The Bertz CT molecular complexity index is 979. The van der Waals surface area contributed by atoms with Crippen molar-refractivity contribution < 1.29 is 29.2 Å². The van der Waals surface area contributed by atoms with E-state index in [4.69, 9.17) is 9.47 Å². The summed E-state index contributed by atoms with van der Waals surface area (Å²) >= 11 is 0. The molecular weight excluding hydrogens is 425 g/mol. The van der Waals surface area contributed by atoms with Crippen LogP contribution in [-0.2, 0) is 24.4 Å². The maximum atomic E-state index is 12.9. The molecule has 0 heterocycles. The highest BCUT2D eigenvalue weighted by Crippen LogP contribution is 2.22. The number of benzene rings is 3. The monoisotopic (exact) mass is 455 g/mol.